The number of methoxy groups -OCH3 is 1. The molecule has 0 bridgehead atoms. The van der Waals surface area contributed by atoms with Crippen molar-refractivity contribution < 1.29 is 9.53 Å². The number of amides is 1. The smallest absolute Gasteiger partial charge is 0.243 e. The Kier molecular flexibility index (Phi) is 5.35. The molecule has 0 aliphatic carbocycles. The fourth-order valence-corrected chi connectivity index (χ4v) is 2.03. The monoisotopic (exact) mass is 284 g/mol. The number of nitrogens with one attached hydrogen (secondary N) is 2. The molecule has 0 aromatic heterocycles. The number of carbonyl (C=O) groups is 1. The second kappa shape index (κ2) is 7.45. The van der Waals surface area contributed by atoms with Gasteiger partial charge in [-0.3, -0.25) is 4.79 Å². The molecule has 0 heterocycles. The Labute approximate surface area is 125 Å². The molecule has 4 nitrogen and oxygen atoms in total. The number of benzene rings is 2. The number of carbonyl (C=O) groups excluding carboxylic acids is 1. The summed E-state index contributed by atoms with van der Waals surface area (Å²) in [4.78, 5) is 12.0. The highest BCUT2D eigenvalue weighted by atomic mass is 16.5. The van der Waals surface area contributed by atoms with E-state index in [1.165, 1.54) is 0 Å². The summed E-state index contributed by atoms with van der Waals surface area (Å²) in [6, 6.07) is 15.6. The molecular weight excluding hydrogens is 264 g/mol. The van der Waals surface area contributed by atoms with Gasteiger partial charge in [0.25, 0.3) is 0 Å². The lowest BCUT2D eigenvalue weighted by Gasteiger charge is -2.10. The molecule has 0 aliphatic rings. The molecule has 110 valence electrons. The van der Waals surface area contributed by atoms with Gasteiger partial charge in [-0.25, -0.2) is 0 Å². The van der Waals surface area contributed by atoms with Crippen LogP contribution in [-0.4, -0.2) is 19.6 Å². The maximum Gasteiger partial charge on any atom is 0.243 e. The summed E-state index contributed by atoms with van der Waals surface area (Å²) in [5.74, 6) is -0.0681. The first-order chi connectivity index (χ1) is 10.2. The summed E-state index contributed by atoms with van der Waals surface area (Å²) in [5.41, 5.74) is 3.87. The minimum Gasteiger partial charge on any atom is -0.380 e. The molecule has 2 N–H and O–H groups in total. The van der Waals surface area contributed by atoms with Gasteiger partial charge in [-0.15, -0.1) is 0 Å². The predicted molar refractivity (Wildman–Crippen MR) is 85.5 cm³/mol. The third-order valence-corrected chi connectivity index (χ3v) is 3.11. The van der Waals surface area contributed by atoms with Crippen molar-refractivity contribution >= 4 is 17.3 Å². The van der Waals surface area contributed by atoms with Crippen LogP contribution in [0.3, 0.4) is 0 Å². The van der Waals surface area contributed by atoms with Crippen molar-refractivity contribution in [2.24, 2.45) is 0 Å². The van der Waals surface area contributed by atoms with Crippen LogP contribution in [0.25, 0.3) is 0 Å². The van der Waals surface area contributed by atoms with Gasteiger partial charge >= 0.3 is 0 Å². The Hall–Kier alpha value is -2.33. The quantitative estimate of drug-likeness (QED) is 0.856. The van der Waals surface area contributed by atoms with E-state index in [1.807, 2.05) is 55.5 Å². The molecule has 0 saturated heterocycles. The van der Waals surface area contributed by atoms with Gasteiger partial charge in [0.05, 0.1) is 13.2 Å². The first-order valence-corrected chi connectivity index (χ1v) is 6.86. The lowest BCUT2D eigenvalue weighted by atomic mass is 10.2. The summed E-state index contributed by atoms with van der Waals surface area (Å²) in [6.07, 6.45) is 0. The van der Waals surface area contributed by atoms with E-state index in [2.05, 4.69) is 10.6 Å². The average Bonchev–Trinajstić information content (AvgIpc) is 2.48. The van der Waals surface area contributed by atoms with E-state index in [1.54, 1.807) is 7.11 Å². The van der Waals surface area contributed by atoms with Gasteiger partial charge in [0.15, 0.2) is 0 Å². The molecule has 0 saturated carbocycles. The number of hydrogen-bond donors (Lipinski definition) is 2. The second-order valence-electron chi connectivity index (χ2n) is 4.85. The van der Waals surface area contributed by atoms with E-state index >= 15 is 0 Å². The van der Waals surface area contributed by atoms with Gasteiger partial charge in [0.1, 0.15) is 0 Å². The van der Waals surface area contributed by atoms with Crippen molar-refractivity contribution in [3.63, 3.8) is 0 Å². The van der Waals surface area contributed by atoms with Crippen LogP contribution in [0.5, 0.6) is 0 Å². The van der Waals surface area contributed by atoms with Gasteiger partial charge in [0.2, 0.25) is 5.91 Å². The minimum atomic E-state index is -0.0681. The van der Waals surface area contributed by atoms with Gasteiger partial charge in [-0.1, -0.05) is 30.3 Å². The second-order valence-corrected chi connectivity index (χ2v) is 4.85. The first kappa shape index (κ1) is 15.1. The van der Waals surface area contributed by atoms with E-state index < -0.39 is 0 Å². The van der Waals surface area contributed by atoms with Gasteiger partial charge < -0.3 is 15.4 Å². The Balaban J connectivity index is 1.89. The zero-order valence-corrected chi connectivity index (χ0v) is 12.3. The molecule has 0 spiro atoms. The molecule has 0 unspecified atom stereocenters. The normalized spacial score (nSPS) is 10.2. The van der Waals surface area contributed by atoms with Crippen LogP contribution < -0.4 is 10.6 Å². The zero-order valence-electron chi connectivity index (χ0n) is 12.3. The Bertz CT molecular complexity index is 611. The SMILES string of the molecule is COCc1cccc(NCC(=O)Nc2ccccc2C)c1. The summed E-state index contributed by atoms with van der Waals surface area (Å²) < 4.78 is 5.09. The van der Waals surface area contributed by atoms with E-state index in [9.17, 15) is 4.79 Å². The van der Waals surface area contributed by atoms with E-state index in [0.29, 0.717) is 6.61 Å². The zero-order chi connectivity index (χ0) is 15.1. The molecule has 2 aromatic rings. The number of aryl methyl sites for hydroxylation is 1. The van der Waals surface area contributed by atoms with Crippen LogP contribution in [-0.2, 0) is 16.1 Å². The van der Waals surface area contributed by atoms with Gasteiger partial charge in [0, 0.05) is 18.5 Å². The molecule has 2 aromatic carbocycles. The molecule has 4 heteroatoms. The number of rotatable bonds is 6. The van der Waals surface area contributed by atoms with Crippen molar-refractivity contribution in [1.29, 1.82) is 0 Å². The van der Waals surface area contributed by atoms with Crippen molar-refractivity contribution in [3.8, 4) is 0 Å². The maximum atomic E-state index is 12.0. The Morgan fingerprint density at radius 3 is 2.71 bits per heavy atom. The fourth-order valence-electron chi connectivity index (χ4n) is 2.03. The largest absolute Gasteiger partial charge is 0.380 e. The van der Waals surface area contributed by atoms with Crippen molar-refractivity contribution in [2.45, 2.75) is 13.5 Å². The highest BCUT2D eigenvalue weighted by molar-refractivity contribution is 5.94. The highest BCUT2D eigenvalue weighted by Gasteiger charge is 2.04. The number of ether oxygens (including phenoxy) is 1. The van der Waals surface area contributed by atoms with Gasteiger partial charge in [-0.2, -0.15) is 0 Å². The van der Waals surface area contributed by atoms with E-state index in [4.69, 9.17) is 4.74 Å². The average molecular weight is 284 g/mol. The molecule has 0 radical (unpaired) electrons. The number of para-hydroxylation sites is 1. The molecular formula is C17H20N2O2. The third kappa shape index (κ3) is 4.61. The summed E-state index contributed by atoms with van der Waals surface area (Å²) in [7, 11) is 1.66. The van der Waals surface area contributed by atoms with Crippen molar-refractivity contribution in [3.05, 3.63) is 59.7 Å². The van der Waals surface area contributed by atoms with E-state index in [-0.39, 0.29) is 12.5 Å². The Morgan fingerprint density at radius 2 is 1.95 bits per heavy atom. The standard InChI is InChI=1S/C17H20N2O2/c1-13-6-3-4-9-16(13)19-17(20)11-18-15-8-5-7-14(10-15)12-21-2/h3-10,18H,11-12H2,1-2H3,(H,19,20). The van der Waals surface area contributed by atoms with Gasteiger partial charge in [-0.05, 0) is 36.2 Å². The summed E-state index contributed by atoms with van der Waals surface area (Å²) in [5, 5.41) is 6.01. The molecule has 1 amide bonds. The maximum absolute atomic E-state index is 12.0. The minimum absolute atomic E-state index is 0.0681. The molecule has 0 aliphatic heterocycles. The fraction of sp³-hybridized carbons (Fsp3) is 0.235. The third-order valence-electron chi connectivity index (χ3n) is 3.11. The summed E-state index contributed by atoms with van der Waals surface area (Å²) >= 11 is 0. The molecule has 21 heavy (non-hydrogen) atoms. The van der Waals surface area contributed by atoms with Crippen LogP contribution >= 0.6 is 0 Å². The Morgan fingerprint density at radius 1 is 1.14 bits per heavy atom. The number of hydrogen-bond acceptors (Lipinski definition) is 3. The summed E-state index contributed by atoms with van der Waals surface area (Å²) in [6.45, 7) is 2.76. The van der Waals surface area contributed by atoms with Crippen molar-refractivity contribution in [1.82, 2.24) is 0 Å². The van der Waals surface area contributed by atoms with Crippen molar-refractivity contribution in [2.75, 3.05) is 24.3 Å². The van der Waals surface area contributed by atoms with Crippen LogP contribution in [0.4, 0.5) is 11.4 Å². The topological polar surface area (TPSA) is 50.4 Å². The number of anilines is 2. The molecule has 2 rings (SSSR count). The first-order valence-electron chi connectivity index (χ1n) is 6.86. The van der Waals surface area contributed by atoms with Crippen LogP contribution in [0, 0.1) is 6.92 Å². The van der Waals surface area contributed by atoms with Crippen LogP contribution in [0.2, 0.25) is 0 Å². The molecule has 0 fully saturated rings. The predicted octanol–water partition coefficient (Wildman–Crippen LogP) is 3.19. The van der Waals surface area contributed by atoms with E-state index in [0.717, 1.165) is 22.5 Å². The lowest BCUT2D eigenvalue weighted by Crippen LogP contribution is -2.22. The molecule has 0 atom stereocenters. The highest BCUT2D eigenvalue weighted by Crippen LogP contribution is 2.14. The van der Waals surface area contributed by atoms with Crippen LogP contribution in [0.15, 0.2) is 48.5 Å². The lowest BCUT2D eigenvalue weighted by molar-refractivity contribution is -0.114. The van der Waals surface area contributed by atoms with Crippen LogP contribution in [0.1, 0.15) is 11.1 Å².